The van der Waals surface area contributed by atoms with E-state index in [9.17, 15) is 4.79 Å². The maximum absolute atomic E-state index is 12.1. The van der Waals surface area contributed by atoms with Crippen molar-refractivity contribution in [2.45, 2.75) is 13.8 Å². The Kier molecular flexibility index (Phi) is 4.86. The number of hydrogen-bond donors (Lipinski definition) is 0. The number of esters is 1. The molecule has 0 fully saturated rings. The maximum atomic E-state index is 12.1. The molecule has 0 saturated heterocycles. The Labute approximate surface area is 149 Å². The molecule has 0 amide bonds. The zero-order chi connectivity index (χ0) is 17.1. The molecule has 0 atom stereocenters. The summed E-state index contributed by atoms with van der Waals surface area (Å²) in [7, 11) is 0. The molecule has 0 aliphatic rings. The van der Waals surface area contributed by atoms with Crippen LogP contribution in [0.25, 0.3) is 10.8 Å². The van der Waals surface area contributed by atoms with Gasteiger partial charge >= 0.3 is 5.97 Å². The standard InChI is InChI=1S/C20H17BrO3/c1-13-7-8-15(11-14(13)2)23-12-20(22)24-19-10-9-18(21)16-5-3-4-6-17(16)19/h3-11H,12H2,1-2H3. The number of aryl methyl sites for hydroxylation is 2. The van der Waals surface area contributed by atoms with Gasteiger partial charge in [-0.05, 0) is 54.6 Å². The summed E-state index contributed by atoms with van der Waals surface area (Å²) in [5.41, 5.74) is 2.31. The van der Waals surface area contributed by atoms with E-state index >= 15 is 0 Å². The fraction of sp³-hybridized carbons (Fsp3) is 0.150. The third-order valence-electron chi connectivity index (χ3n) is 3.89. The normalized spacial score (nSPS) is 10.6. The Morgan fingerprint density at radius 2 is 1.71 bits per heavy atom. The van der Waals surface area contributed by atoms with Gasteiger partial charge in [-0.2, -0.15) is 0 Å². The van der Waals surface area contributed by atoms with Crippen LogP contribution in [0.2, 0.25) is 0 Å². The summed E-state index contributed by atoms with van der Waals surface area (Å²) in [6.07, 6.45) is 0. The summed E-state index contributed by atoms with van der Waals surface area (Å²) < 4.78 is 12.0. The highest BCUT2D eigenvalue weighted by atomic mass is 79.9. The van der Waals surface area contributed by atoms with Crippen LogP contribution in [0.15, 0.2) is 59.1 Å². The molecule has 0 aliphatic carbocycles. The first-order valence-corrected chi connectivity index (χ1v) is 8.42. The van der Waals surface area contributed by atoms with Crippen LogP contribution in [-0.2, 0) is 4.79 Å². The molecule has 24 heavy (non-hydrogen) atoms. The van der Waals surface area contributed by atoms with Crippen LogP contribution in [0.5, 0.6) is 11.5 Å². The first kappa shape index (κ1) is 16.5. The predicted octanol–water partition coefficient (Wildman–Crippen LogP) is 5.20. The van der Waals surface area contributed by atoms with E-state index in [1.165, 1.54) is 5.56 Å². The number of ether oxygens (including phenoxy) is 2. The largest absolute Gasteiger partial charge is 0.482 e. The molecular weight excluding hydrogens is 368 g/mol. The molecule has 0 aliphatic heterocycles. The zero-order valence-electron chi connectivity index (χ0n) is 13.5. The van der Waals surface area contributed by atoms with Crippen molar-refractivity contribution in [2.75, 3.05) is 6.61 Å². The van der Waals surface area contributed by atoms with E-state index in [4.69, 9.17) is 9.47 Å². The van der Waals surface area contributed by atoms with Gasteiger partial charge in [0.05, 0.1) is 0 Å². The molecule has 0 radical (unpaired) electrons. The zero-order valence-corrected chi connectivity index (χ0v) is 15.1. The van der Waals surface area contributed by atoms with Gasteiger partial charge < -0.3 is 9.47 Å². The van der Waals surface area contributed by atoms with E-state index in [0.717, 1.165) is 20.8 Å². The van der Waals surface area contributed by atoms with Crippen LogP contribution in [0.3, 0.4) is 0 Å². The smallest absolute Gasteiger partial charge is 0.349 e. The molecule has 3 nitrogen and oxygen atoms in total. The molecule has 3 aromatic rings. The van der Waals surface area contributed by atoms with E-state index < -0.39 is 5.97 Å². The first-order valence-electron chi connectivity index (χ1n) is 7.62. The van der Waals surface area contributed by atoms with Crippen molar-refractivity contribution in [1.82, 2.24) is 0 Å². The summed E-state index contributed by atoms with van der Waals surface area (Å²) in [5.74, 6) is 0.763. The van der Waals surface area contributed by atoms with Gasteiger partial charge in [0.25, 0.3) is 0 Å². The van der Waals surface area contributed by atoms with Gasteiger partial charge in [0.2, 0.25) is 0 Å². The second-order valence-corrected chi connectivity index (χ2v) is 6.45. The number of fused-ring (bicyclic) bond motifs is 1. The molecule has 0 aromatic heterocycles. The van der Waals surface area contributed by atoms with E-state index in [-0.39, 0.29) is 6.61 Å². The van der Waals surface area contributed by atoms with Crippen LogP contribution in [0.1, 0.15) is 11.1 Å². The fourth-order valence-corrected chi connectivity index (χ4v) is 2.90. The third-order valence-corrected chi connectivity index (χ3v) is 4.58. The van der Waals surface area contributed by atoms with Crippen molar-refractivity contribution in [3.63, 3.8) is 0 Å². The molecule has 3 aromatic carbocycles. The molecule has 4 heteroatoms. The average Bonchev–Trinajstić information content (AvgIpc) is 2.59. The summed E-state index contributed by atoms with van der Waals surface area (Å²) >= 11 is 3.51. The van der Waals surface area contributed by atoms with E-state index in [1.54, 1.807) is 6.07 Å². The number of benzene rings is 3. The predicted molar refractivity (Wildman–Crippen MR) is 98.7 cm³/mol. The fourth-order valence-electron chi connectivity index (χ4n) is 2.42. The van der Waals surface area contributed by atoms with Gasteiger partial charge in [-0.1, -0.05) is 46.3 Å². The Morgan fingerprint density at radius 3 is 2.46 bits per heavy atom. The monoisotopic (exact) mass is 384 g/mol. The molecule has 122 valence electrons. The summed E-state index contributed by atoms with van der Waals surface area (Å²) in [6.45, 7) is 3.91. The van der Waals surface area contributed by atoms with Crippen molar-refractivity contribution < 1.29 is 14.3 Å². The second-order valence-electron chi connectivity index (χ2n) is 5.60. The summed E-state index contributed by atoms with van der Waals surface area (Å²) in [5, 5.41) is 1.88. The lowest BCUT2D eigenvalue weighted by Gasteiger charge is -2.10. The lowest BCUT2D eigenvalue weighted by atomic mass is 10.1. The molecule has 0 spiro atoms. The number of carbonyl (C=O) groups is 1. The molecule has 0 bridgehead atoms. The Hall–Kier alpha value is -2.33. The first-order chi connectivity index (χ1) is 11.5. The summed E-state index contributed by atoms with van der Waals surface area (Å²) in [4.78, 5) is 12.1. The minimum atomic E-state index is -0.430. The molecule has 0 unspecified atom stereocenters. The van der Waals surface area contributed by atoms with Crippen molar-refractivity contribution in [2.24, 2.45) is 0 Å². The van der Waals surface area contributed by atoms with Crippen molar-refractivity contribution >= 4 is 32.7 Å². The van der Waals surface area contributed by atoms with E-state index in [2.05, 4.69) is 15.9 Å². The van der Waals surface area contributed by atoms with Gasteiger partial charge in [-0.25, -0.2) is 4.79 Å². The topological polar surface area (TPSA) is 35.5 Å². The van der Waals surface area contributed by atoms with Gasteiger partial charge in [-0.3, -0.25) is 0 Å². The molecule has 0 N–H and O–H groups in total. The summed E-state index contributed by atoms with van der Waals surface area (Å²) in [6, 6.07) is 17.1. The lowest BCUT2D eigenvalue weighted by Crippen LogP contribution is -2.17. The van der Waals surface area contributed by atoms with Crippen LogP contribution in [0.4, 0.5) is 0 Å². The minimum Gasteiger partial charge on any atom is -0.482 e. The van der Waals surface area contributed by atoms with Crippen LogP contribution < -0.4 is 9.47 Å². The van der Waals surface area contributed by atoms with Crippen molar-refractivity contribution in [1.29, 1.82) is 0 Å². The van der Waals surface area contributed by atoms with Crippen LogP contribution >= 0.6 is 15.9 Å². The molecule has 3 rings (SSSR count). The number of rotatable bonds is 4. The van der Waals surface area contributed by atoms with Crippen molar-refractivity contribution in [3.8, 4) is 11.5 Å². The Balaban J connectivity index is 1.71. The van der Waals surface area contributed by atoms with Crippen LogP contribution in [0, 0.1) is 13.8 Å². The quantitative estimate of drug-likeness (QED) is 0.457. The second kappa shape index (κ2) is 7.05. The third kappa shape index (κ3) is 3.60. The molecule has 0 saturated carbocycles. The SMILES string of the molecule is Cc1ccc(OCC(=O)Oc2ccc(Br)c3ccccc23)cc1C. The van der Waals surface area contributed by atoms with Crippen LogP contribution in [-0.4, -0.2) is 12.6 Å². The maximum Gasteiger partial charge on any atom is 0.349 e. The van der Waals surface area contributed by atoms with Gasteiger partial charge in [0, 0.05) is 9.86 Å². The molecular formula is C20H17BrO3. The van der Waals surface area contributed by atoms with E-state index in [1.807, 2.05) is 62.4 Å². The highest BCUT2D eigenvalue weighted by Gasteiger charge is 2.11. The van der Waals surface area contributed by atoms with Gasteiger partial charge in [0.15, 0.2) is 6.61 Å². The minimum absolute atomic E-state index is 0.132. The molecule has 0 heterocycles. The highest BCUT2D eigenvalue weighted by molar-refractivity contribution is 9.10. The van der Waals surface area contributed by atoms with Gasteiger partial charge in [0.1, 0.15) is 11.5 Å². The number of halogens is 1. The number of hydrogen-bond acceptors (Lipinski definition) is 3. The average molecular weight is 385 g/mol. The van der Waals surface area contributed by atoms with E-state index in [0.29, 0.717) is 11.5 Å². The lowest BCUT2D eigenvalue weighted by molar-refractivity contribution is -0.136. The Morgan fingerprint density at radius 1 is 0.958 bits per heavy atom. The highest BCUT2D eigenvalue weighted by Crippen LogP contribution is 2.31. The van der Waals surface area contributed by atoms with Gasteiger partial charge in [-0.15, -0.1) is 0 Å². The number of carbonyl (C=O) groups excluding carboxylic acids is 1. The Bertz CT molecular complexity index is 903. The van der Waals surface area contributed by atoms with Crippen molar-refractivity contribution in [3.05, 3.63) is 70.2 Å².